The quantitative estimate of drug-likeness (QED) is 0.872. The van der Waals surface area contributed by atoms with Gasteiger partial charge in [0, 0.05) is 13.1 Å². The van der Waals surface area contributed by atoms with Crippen LogP contribution in [0.4, 0.5) is 0 Å². The molecule has 1 aromatic heterocycles. The summed E-state index contributed by atoms with van der Waals surface area (Å²) in [6.45, 7) is 3.94. The summed E-state index contributed by atoms with van der Waals surface area (Å²) < 4.78 is 29.3. The number of aromatic nitrogens is 3. The molecule has 0 radical (unpaired) electrons. The van der Waals surface area contributed by atoms with Gasteiger partial charge in [-0.2, -0.15) is 0 Å². The van der Waals surface area contributed by atoms with Crippen LogP contribution in [0.15, 0.2) is 40.0 Å². The second-order valence-electron chi connectivity index (χ2n) is 5.06. The monoisotopic (exact) mass is 372 g/mol. The number of hydrogen-bond acceptors (Lipinski definition) is 4. The van der Waals surface area contributed by atoms with Crippen molar-refractivity contribution >= 4 is 26.0 Å². The molecule has 114 valence electrons. The van der Waals surface area contributed by atoms with Gasteiger partial charge in [-0.25, -0.2) is 17.8 Å². The predicted octanol–water partition coefficient (Wildman–Crippen LogP) is 2.25. The first-order chi connectivity index (χ1) is 9.83. The zero-order valence-corrected chi connectivity index (χ0v) is 14.4. The Bertz CT molecular complexity index is 694. The van der Waals surface area contributed by atoms with Gasteiger partial charge >= 0.3 is 0 Å². The highest BCUT2D eigenvalue weighted by molar-refractivity contribution is 9.10. The van der Waals surface area contributed by atoms with Crippen LogP contribution in [0.2, 0.25) is 0 Å². The molecule has 0 aliphatic rings. The van der Waals surface area contributed by atoms with Gasteiger partial charge in [0.05, 0.1) is 0 Å². The second kappa shape index (κ2) is 6.25. The van der Waals surface area contributed by atoms with E-state index in [9.17, 15) is 8.42 Å². The van der Waals surface area contributed by atoms with Crippen LogP contribution in [0.5, 0.6) is 0 Å². The van der Waals surface area contributed by atoms with Crippen LogP contribution in [0.25, 0.3) is 0 Å². The van der Waals surface area contributed by atoms with Crippen LogP contribution in [-0.4, -0.2) is 23.4 Å². The molecule has 0 amide bonds. The zero-order chi connectivity index (χ0) is 15.6. The van der Waals surface area contributed by atoms with E-state index in [2.05, 4.69) is 31.0 Å². The van der Waals surface area contributed by atoms with E-state index in [0.717, 1.165) is 5.56 Å². The predicted molar refractivity (Wildman–Crippen MR) is 83.0 cm³/mol. The van der Waals surface area contributed by atoms with Gasteiger partial charge in [0.25, 0.3) is 10.0 Å². The lowest BCUT2D eigenvalue weighted by atomic mass is 9.97. The average molecular weight is 373 g/mol. The van der Waals surface area contributed by atoms with Crippen LogP contribution in [-0.2, 0) is 17.1 Å². The summed E-state index contributed by atoms with van der Waals surface area (Å²) in [4.78, 5) is 0. The van der Waals surface area contributed by atoms with E-state index < -0.39 is 10.0 Å². The molecular formula is C13H17BrN4O2S. The first-order valence-corrected chi connectivity index (χ1v) is 8.73. The number of hydrogen-bond donors (Lipinski definition) is 1. The van der Waals surface area contributed by atoms with Crippen LogP contribution in [0.3, 0.4) is 0 Å². The van der Waals surface area contributed by atoms with E-state index in [1.54, 1.807) is 7.05 Å². The summed E-state index contributed by atoms with van der Waals surface area (Å²) in [7, 11) is -2.19. The van der Waals surface area contributed by atoms with Crippen LogP contribution in [0.1, 0.15) is 25.5 Å². The molecule has 2 aromatic rings. The van der Waals surface area contributed by atoms with Crippen molar-refractivity contribution in [3.8, 4) is 0 Å². The number of sulfonamides is 1. The average Bonchev–Trinajstić information content (AvgIpc) is 2.77. The number of rotatable bonds is 5. The third-order valence-electron chi connectivity index (χ3n) is 3.10. The fourth-order valence-electron chi connectivity index (χ4n) is 2.08. The number of nitrogens with zero attached hydrogens (tertiary/aromatic N) is 3. The Hall–Kier alpha value is -1.25. The standard InChI is InChI=1S/C13H17BrN4O2S/c1-9(2)11(10-7-5-4-6-8-10)16-21(19,20)13-12(14)15-17-18(13)3/h4-9,11,16H,1-3H3. The van der Waals surface area contributed by atoms with E-state index in [4.69, 9.17) is 0 Å². The van der Waals surface area contributed by atoms with Gasteiger partial charge in [-0.05, 0) is 27.4 Å². The normalized spacial score (nSPS) is 13.6. The molecule has 8 heteroatoms. The molecule has 0 saturated heterocycles. The lowest BCUT2D eigenvalue weighted by Gasteiger charge is -2.22. The van der Waals surface area contributed by atoms with Crippen molar-refractivity contribution in [2.75, 3.05) is 0 Å². The van der Waals surface area contributed by atoms with Crippen LogP contribution >= 0.6 is 15.9 Å². The molecule has 1 unspecified atom stereocenters. The number of nitrogens with one attached hydrogen (secondary N) is 1. The summed E-state index contributed by atoms with van der Waals surface area (Å²) in [6.07, 6.45) is 0. The molecule has 1 heterocycles. The van der Waals surface area contributed by atoms with Gasteiger partial charge in [0.2, 0.25) is 5.03 Å². The number of aryl methyl sites for hydroxylation is 1. The minimum absolute atomic E-state index is 0.0177. The molecule has 21 heavy (non-hydrogen) atoms. The van der Waals surface area contributed by atoms with Gasteiger partial charge in [-0.1, -0.05) is 49.4 Å². The summed E-state index contributed by atoms with van der Waals surface area (Å²) >= 11 is 3.12. The first kappa shape index (κ1) is 16.1. The molecule has 0 bridgehead atoms. The highest BCUT2D eigenvalue weighted by Crippen LogP contribution is 2.25. The summed E-state index contributed by atoms with van der Waals surface area (Å²) in [6, 6.07) is 9.17. The Morgan fingerprint density at radius 1 is 1.24 bits per heavy atom. The van der Waals surface area contributed by atoms with E-state index >= 15 is 0 Å². The largest absolute Gasteiger partial charge is 0.261 e. The topological polar surface area (TPSA) is 76.9 Å². The SMILES string of the molecule is CC(C)C(NS(=O)(=O)c1c(Br)nnn1C)c1ccccc1. The number of halogens is 1. The Kier molecular flexibility index (Phi) is 4.80. The molecule has 1 atom stereocenters. The van der Waals surface area contributed by atoms with E-state index in [-0.39, 0.29) is 21.6 Å². The molecule has 0 fully saturated rings. The third-order valence-corrected chi connectivity index (χ3v) is 5.43. The van der Waals surface area contributed by atoms with Gasteiger partial charge in [-0.15, -0.1) is 5.10 Å². The lowest BCUT2D eigenvalue weighted by molar-refractivity contribution is 0.459. The fourth-order valence-corrected chi connectivity index (χ4v) is 4.55. The molecule has 1 aromatic carbocycles. The molecule has 0 spiro atoms. The molecule has 6 nitrogen and oxygen atoms in total. The maximum absolute atomic E-state index is 12.6. The van der Waals surface area contributed by atoms with E-state index in [1.807, 2.05) is 44.2 Å². The summed E-state index contributed by atoms with van der Waals surface area (Å²) in [5.41, 5.74) is 0.919. The van der Waals surface area contributed by atoms with Gasteiger partial charge in [0.15, 0.2) is 4.60 Å². The van der Waals surface area contributed by atoms with E-state index in [0.29, 0.717) is 0 Å². The van der Waals surface area contributed by atoms with Crippen molar-refractivity contribution in [3.63, 3.8) is 0 Å². The fraction of sp³-hybridized carbons (Fsp3) is 0.385. The smallest absolute Gasteiger partial charge is 0.235 e. The molecule has 2 rings (SSSR count). The molecule has 0 saturated carbocycles. The minimum Gasteiger partial charge on any atom is -0.235 e. The van der Waals surface area contributed by atoms with Gasteiger partial charge < -0.3 is 0 Å². The maximum atomic E-state index is 12.6. The molecule has 1 N–H and O–H groups in total. The Morgan fingerprint density at radius 3 is 2.33 bits per heavy atom. The van der Waals surface area contributed by atoms with Gasteiger partial charge in [-0.3, -0.25) is 0 Å². The van der Waals surface area contributed by atoms with Crippen LogP contribution in [0, 0.1) is 5.92 Å². The molecular weight excluding hydrogens is 356 g/mol. The van der Waals surface area contributed by atoms with Crippen LogP contribution < -0.4 is 4.72 Å². The third kappa shape index (κ3) is 3.50. The summed E-state index contributed by atoms with van der Waals surface area (Å²) in [5.74, 6) is 0.0992. The van der Waals surface area contributed by atoms with Crippen molar-refractivity contribution in [2.24, 2.45) is 13.0 Å². The Labute approximate surface area is 132 Å². The zero-order valence-electron chi connectivity index (χ0n) is 12.0. The lowest BCUT2D eigenvalue weighted by Crippen LogP contribution is -2.33. The summed E-state index contributed by atoms with van der Waals surface area (Å²) in [5, 5.41) is 7.44. The number of benzene rings is 1. The molecule has 0 aliphatic heterocycles. The molecule has 0 aliphatic carbocycles. The van der Waals surface area contributed by atoms with E-state index in [1.165, 1.54) is 4.68 Å². The van der Waals surface area contributed by atoms with Crippen molar-refractivity contribution in [1.82, 2.24) is 19.7 Å². The van der Waals surface area contributed by atoms with Crippen molar-refractivity contribution in [1.29, 1.82) is 0 Å². The highest BCUT2D eigenvalue weighted by Gasteiger charge is 2.28. The minimum atomic E-state index is -3.73. The van der Waals surface area contributed by atoms with Gasteiger partial charge in [0.1, 0.15) is 0 Å². The second-order valence-corrected chi connectivity index (χ2v) is 7.44. The highest BCUT2D eigenvalue weighted by atomic mass is 79.9. The first-order valence-electron chi connectivity index (χ1n) is 6.45. The Morgan fingerprint density at radius 2 is 1.86 bits per heavy atom. The Balaban J connectivity index is 2.38. The van der Waals surface area contributed by atoms with Crippen molar-refractivity contribution < 1.29 is 8.42 Å². The van der Waals surface area contributed by atoms with Crippen molar-refractivity contribution in [2.45, 2.75) is 24.9 Å². The maximum Gasteiger partial charge on any atom is 0.261 e. The van der Waals surface area contributed by atoms with Crippen molar-refractivity contribution in [3.05, 3.63) is 40.5 Å².